The van der Waals surface area contributed by atoms with Crippen molar-refractivity contribution in [3.63, 3.8) is 0 Å². The van der Waals surface area contributed by atoms with Crippen LogP contribution in [0.4, 0.5) is 8.78 Å². The van der Waals surface area contributed by atoms with Gasteiger partial charge in [0.25, 0.3) is 0 Å². The Hall–Kier alpha value is -3.13. The number of ether oxygens (including phenoxy) is 1. The van der Waals surface area contributed by atoms with Crippen molar-refractivity contribution in [3.8, 4) is 0 Å². The van der Waals surface area contributed by atoms with Gasteiger partial charge in [-0.2, -0.15) is 5.10 Å². The average Bonchev–Trinajstić information content (AvgIpc) is 3.20. The third-order valence-corrected chi connectivity index (χ3v) is 4.84. The molecule has 2 atom stereocenters. The summed E-state index contributed by atoms with van der Waals surface area (Å²) in [6, 6.07) is 11.0. The lowest BCUT2D eigenvalue weighted by molar-refractivity contribution is -0.0112. The molecular formula is C21H21F2N4O2. The smallest absolute Gasteiger partial charge is 0.213 e. The van der Waals surface area contributed by atoms with Crippen molar-refractivity contribution < 1.29 is 18.6 Å². The van der Waals surface area contributed by atoms with Gasteiger partial charge in [-0.3, -0.25) is 5.41 Å². The van der Waals surface area contributed by atoms with Crippen molar-refractivity contribution >= 4 is 5.90 Å². The number of rotatable bonds is 7. The minimum absolute atomic E-state index is 0.0469. The molecule has 2 aromatic carbocycles. The van der Waals surface area contributed by atoms with Crippen LogP contribution in [0.3, 0.4) is 0 Å². The molecule has 1 radical (unpaired) electrons. The molecule has 3 rings (SSSR count). The number of hydrogen-bond acceptors (Lipinski definition) is 5. The second-order valence-electron chi connectivity index (χ2n) is 6.66. The molecule has 6 nitrogen and oxygen atoms in total. The molecule has 1 aromatic heterocycles. The van der Waals surface area contributed by atoms with Gasteiger partial charge in [0.2, 0.25) is 5.90 Å². The van der Waals surface area contributed by atoms with Gasteiger partial charge < -0.3 is 9.84 Å². The van der Waals surface area contributed by atoms with Gasteiger partial charge in [-0.1, -0.05) is 25.1 Å². The number of halogens is 2. The van der Waals surface area contributed by atoms with Crippen LogP contribution >= 0.6 is 0 Å². The van der Waals surface area contributed by atoms with E-state index in [9.17, 15) is 13.9 Å². The molecule has 0 saturated heterocycles. The maximum Gasteiger partial charge on any atom is 0.213 e. The first kappa shape index (κ1) is 20.6. The van der Waals surface area contributed by atoms with Gasteiger partial charge in [-0.15, -0.1) is 0 Å². The Morgan fingerprint density at radius 3 is 2.79 bits per heavy atom. The molecule has 2 N–H and O–H groups in total. The zero-order valence-electron chi connectivity index (χ0n) is 16.1. The first-order chi connectivity index (χ1) is 13.8. The molecule has 0 aliphatic carbocycles. The van der Waals surface area contributed by atoms with Crippen LogP contribution in [-0.2, 0) is 16.9 Å². The number of aromatic nitrogens is 3. The van der Waals surface area contributed by atoms with Gasteiger partial charge in [-0.05, 0) is 30.7 Å². The SMILES string of the molecule is CCOC(=N)c1[c]ccc(C(C)C(O)(Cn2cncn2)c2ccc(F)cc2F)c1. The normalized spacial score (nSPS) is 14.2. The highest BCUT2D eigenvalue weighted by molar-refractivity contribution is 5.91. The van der Waals surface area contributed by atoms with Crippen LogP contribution < -0.4 is 0 Å². The second kappa shape index (κ2) is 8.48. The van der Waals surface area contributed by atoms with E-state index in [-0.39, 0.29) is 18.0 Å². The highest BCUT2D eigenvalue weighted by Gasteiger charge is 2.40. The van der Waals surface area contributed by atoms with E-state index < -0.39 is 23.2 Å². The molecule has 3 aromatic rings. The van der Waals surface area contributed by atoms with Crippen molar-refractivity contribution in [1.29, 1.82) is 5.41 Å². The van der Waals surface area contributed by atoms with Crippen LogP contribution in [0.25, 0.3) is 0 Å². The number of aliphatic hydroxyl groups is 1. The fourth-order valence-electron chi connectivity index (χ4n) is 3.24. The zero-order valence-corrected chi connectivity index (χ0v) is 16.1. The molecule has 1 heterocycles. The maximum absolute atomic E-state index is 14.7. The summed E-state index contributed by atoms with van der Waals surface area (Å²) in [7, 11) is 0. The third kappa shape index (κ3) is 4.32. The van der Waals surface area contributed by atoms with Crippen LogP contribution in [0.5, 0.6) is 0 Å². The molecule has 0 aliphatic rings. The lowest BCUT2D eigenvalue weighted by Gasteiger charge is -2.35. The minimum atomic E-state index is -1.77. The van der Waals surface area contributed by atoms with E-state index >= 15 is 0 Å². The lowest BCUT2D eigenvalue weighted by atomic mass is 9.77. The van der Waals surface area contributed by atoms with E-state index in [1.807, 2.05) is 0 Å². The molecule has 0 amide bonds. The Balaban J connectivity index is 2.06. The molecule has 0 aliphatic heterocycles. The Morgan fingerprint density at radius 2 is 2.14 bits per heavy atom. The summed E-state index contributed by atoms with van der Waals surface area (Å²) in [5.41, 5.74) is -0.776. The van der Waals surface area contributed by atoms with Crippen molar-refractivity contribution in [1.82, 2.24) is 14.8 Å². The summed E-state index contributed by atoms with van der Waals surface area (Å²) in [6.45, 7) is 3.73. The number of nitrogens with zero attached hydrogens (tertiary/aromatic N) is 3. The largest absolute Gasteiger partial charge is 0.478 e. The fraction of sp³-hybridized carbons (Fsp3) is 0.286. The quantitative estimate of drug-likeness (QED) is 0.471. The zero-order chi connectivity index (χ0) is 21.0. The van der Waals surface area contributed by atoms with Crippen LogP contribution in [0.1, 0.15) is 36.5 Å². The monoisotopic (exact) mass is 399 g/mol. The highest BCUT2D eigenvalue weighted by Crippen LogP contribution is 2.39. The van der Waals surface area contributed by atoms with E-state index in [4.69, 9.17) is 10.1 Å². The molecule has 0 fully saturated rings. The van der Waals surface area contributed by atoms with Gasteiger partial charge in [0.1, 0.15) is 29.9 Å². The molecule has 8 heteroatoms. The molecule has 0 spiro atoms. The van der Waals surface area contributed by atoms with Crippen molar-refractivity contribution in [3.05, 3.63) is 83.4 Å². The van der Waals surface area contributed by atoms with Crippen LogP contribution in [0.15, 0.2) is 49.1 Å². The van der Waals surface area contributed by atoms with Gasteiger partial charge in [-0.25, -0.2) is 18.4 Å². The Morgan fingerprint density at radius 1 is 1.34 bits per heavy atom. The predicted molar refractivity (Wildman–Crippen MR) is 102 cm³/mol. The van der Waals surface area contributed by atoms with E-state index in [0.717, 1.165) is 12.1 Å². The standard InChI is InChI=1S/C21H21F2N4O2/c1-3-29-20(24)16-6-4-5-15(9-16)14(2)21(28,11-27-13-25-12-26-27)18-8-7-17(22)10-19(18)23/h4-5,7-10,12-14,24,28H,3,11H2,1-2H3. The Kier molecular flexibility index (Phi) is 6.03. The summed E-state index contributed by atoms with van der Waals surface area (Å²) in [5.74, 6) is -2.28. The van der Waals surface area contributed by atoms with Gasteiger partial charge in [0.15, 0.2) is 0 Å². The Bertz CT molecular complexity index is 994. The van der Waals surface area contributed by atoms with Crippen LogP contribution in [0.2, 0.25) is 0 Å². The molecule has 29 heavy (non-hydrogen) atoms. The number of hydrogen-bond donors (Lipinski definition) is 2. The summed E-state index contributed by atoms with van der Waals surface area (Å²) in [4.78, 5) is 3.86. The van der Waals surface area contributed by atoms with Crippen molar-refractivity contribution in [2.75, 3.05) is 6.61 Å². The molecular weight excluding hydrogens is 378 g/mol. The highest BCUT2D eigenvalue weighted by atomic mass is 19.1. The molecule has 151 valence electrons. The third-order valence-electron chi connectivity index (χ3n) is 4.84. The van der Waals surface area contributed by atoms with Crippen LogP contribution in [-0.4, -0.2) is 32.4 Å². The number of benzene rings is 2. The first-order valence-corrected chi connectivity index (χ1v) is 9.08. The van der Waals surface area contributed by atoms with Gasteiger partial charge in [0, 0.05) is 23.1 Å². The molecule has 0 saturated carbocycles. The van der Waals surface area contributed by atoms with Crippen molar-refractivity contribution in [2.45, 2.75) is 31.9 Å². The summed E-state index contributed by atoms with van der Waals surface area (Å²) >= 11 is 0. The topological polar surface area (TPSA) is 84.0 Å². The summed E-state index contributed by atoms with van der Waals surface area (Å²) in [5, 5.41) is 23.6. The molecule has 2 unspecified atom stereocenters. The summed E-state index contributed by atoms with van der Waals surface area (Å²) in [6.07, 6.45) is 2.72. The van der Waals surface area contributed by atoms with Gasteiger partial charge in [0.05, 0.1) is 13.2 Å². The minimum Gasteiger partial charge on any atom is -0.478 e. The second-order valence-corrected chi connectivity index (χ2v) is 6.66. The van der Waals surface area contributed by atoms with E-state index in [2.05, 4.69) is 16.1 Å². The van der Waals surface area contributed by atoms with E-state index in [1.165, 1.54) is 23.4 Å². The number of nitrogens with one attached hydrogen (secondary N) is 1. The maximum atomic E-state index is 14.7. The Labute approximate surface area is 167 Å². The average molecular weight is 399 g/mol. The van der Waals surface area contributed by atoms with Crippen LogP contribution in [0, 0.1) is 23.1 Å². The predicted octanol–water partition coefficient (Wildman–Crippen LogP) is 3.41. The van der Waals surface area contributed by atoms with E-state index in [0.29, 0.717) is 17.7 Å². The first-order valence-electron chi connectivity index (χ1n) is 9.08. The summed E-state index contributed by atoms with van der Waals surface area (Å²) < 4.78 is 34.7. The lowest BCUT2D eigenvalue weighted by Crippen LogP contribution is -2.38. The van der Waals surface area contributed by atoms with Gasteiger partial charge >= 0.3 is 0 Å². The van der Waals surface area contributed by atoms with Crippen molar-refractivity contribution in [2.24, 2.45) is 0 Å². The fourth-order valence-corrected chi connectivity index (χ4v) is 3.24. The van der Waals surface area contributed by atoms with E-state index in [1.54, 1.807) is 32.0 Å². The molecule has 0 bridgehead atoms.